The largest absolute Gasteiger partial charge is 0.321 e. The number of carbonyl (C=O) groups is 2. The summed E-state index contributed by atoms with van der Waals surface area (Å²) in [5.74, 6) is -0.541. The van der Waals surface area contributed by atoms with Gasteiger partial charge in [-0.3, -0.25) is 9.59 Å². The number of hydrogen-bond donors (Lipinski definition) is 2. The van der Waals surface area contributed by atoms with Crippen LogP contribution in [0.25, 0.3) is 20.2 Å². The standard InChI is InChI=1S/C26H18Cl2N2O2S2/c1-13-3-9-17-19(11-13)33-23(21(17)27)25(31)29-15-5-7-16(8-6-15)30-26(32)24-22(28)18-10-4-14(2)12-20(18)34-24/h3-12H,1-2H3,(H,29,31)(H,30,32). The van der Waals surface area contributed by atoms with E-state index in [1.807, 2.05) is 50.2 Å². The van der Waals surface area contributed by atoms with Gasteiger partial charge < -0.3 is 10.6 Å². The first-order valence-corrected chi connectivity index (χ1v) is 12.8. The molecule has 8 heteroatoms. The van der Waals surface area contributed by atoms with Crippen LogP contribution in [0.3, 0.4) is 0 Å². The minimum Gasteiger partial charge on any atom is -0.321 e. The van der Waals surface area contributed by atoms with Gasteiger partial charge in [-0.1, -0.05) is 47.5 Å². The fraction of sp³-hybridized carbons (Fsp3) is 0.0769. The number of fused-ring (bicyclic) bond motifs is 2. The molecule has 0 saturated heterocycles. The van der Waals surface area contributed by atoms with Gasteiger partial charge in [-0.25, -0.2) is 0 Å². The van der Waals surface area contributed by atoms with Crippen LogP contribution in [0.4, 0.5) is 11.4 Å². The number of thiophene rings is 2. The van der Waals surface area contributed by atoms with Crippen molar-refractivity contribution in [3.8, 4) is 0 Å². The zero-order valence-corrected chi connectivity index (χ0v) is 21.3. The minimum atomic E-state index is -0.270. The average molecular weight is 525 g/mol. The maximum Gasteiger partial charge on any atom is 0.267 e. The molecule has 5 aromatic rings. The molecule has 0 atom stereocenters. The number of anilines is 2. The second-order valence-electron chi connectivity index (χ2n) is 7.98. The van der Waals surface area contributed by atoms with Crippen LogP contribution in [0.15, 0.2) is 60.7 Å². The predicted octanol–water partition coefficient (Wildman–Crippen LogP) is 8.54. The maximum atomic E-state index is 12.8. The molecular formula is C26H18Cl2N2O2S2. The molecule has 0 unspecified atom stereocenters. The van der Waals surface area contributed by atoms with Crippen LogP contribution in [-0.2, 0) is 0 Å². The van der Waals surface area contributed by atoms with Gasteiger partial charge in [0.05, 0.1) is 10.0 Å². The summed E-state index contributed by atoms with van der Waals surface area (Å²) >= 11 is 15.6. The van der Waals surface area contributed by atoms with E-state index in [-0.39, 0.29) is 11.8 Å². The van der Waals surface area contributed by atoms with Crippen LogP contribution in [0.5, 0.6) is 0 Å². The molecule has 2 N–H and O–H groups in total. The smallest absolute Gasteiger partial charge is 0.267 e. The Kier molecular flexibility index (Phi) is 6.08. The zero-order chi connectivity index (χ0) is 24.0. The number of amides is 2. The van der Waals surface area contributed by atoms with E-state index in [0.717, 1.165) is 31.3 Å². The van der Waals surface area contributed by atoms with E-state index in [2.05, 4.69) is 10.6 Å². The summed E-state index contributed by atoms with van der Waals surface area (Å²) in [6.45, 7) is 4.01. The first-order valence-electron chi connectivity index (χ1n) is 10.4. The highest BCUT2D eigenvalue weighted by Crippen LogP contribution is 2.37. The number of carbonyl (C=O) groups excluding carboxylic acids is 2. The molecule has 0 aliphatic rings. The van der Waals surface area contributed by atoms with Gasteiger partial charge >= 0.3 is 0 Å². The SMILES string of the molecule is Cc1ccc2c(Cl)c(C(=O)Nc3ccc(NC(=O)c4sc5cc(C)ccc5c4Cl)cc3)sc2c1. The Hall–Kier alpha value is -2.90. The monoisotopic (exact) mass is 524 g/mol. The fourth-order valence-corrected chi connectivity index (χ4v) is 6.67. The number of nitrogens with one attached hydrogen (secondary N) is 2. The molecule has 5 rings (SSSR count). The Morgan fingerprint density at radius 2 is 1.03 bits per heavy atom. The van der Waals surface area contributed by atoms with Crippen molar-refractivity contribution in [1.29, 1.82) is 0 Å². The van der Waals surface area contributed by atoms with Gasteiger partial charge in [-0.05, 0) is 61.4 Å². The highest BCUT2D eigenvalue weighted by Gasteiger charge is 2.19. The Labute approximate surface area is 214 Å². The van der Waals surface area contributed by atoms with Gasteiger partial charge in [0.1, 0.15) is 9.75 Å². The fourth-order valence-electron chi connectivity index (χ4n) is 3.65. The molecule has 2 aromatic heterocycles. The van der Waals surface area contributed by atoms with E-state index in [9.17, 15) is 9.59 Å². The predicted molar refractivity (Wildman–Crippen MR) is 145 cm³/mol. The molecule has 0 saturated carbocycles. The summed E-state index contributed by atoms with van der Waals surface area (Å²) in [7, 11) is 0. The van der Waals surface area contributed by atoms with E-state index in [0.29, 0.717) is 31.2 Å². The van der Waals surface area contributed by atoms with Crippen LogP contribution in [-0.4, -0.2) is 11.8 Å². The molecule has 3 aromatic carbocycles. The molecule has 0 fully saturated rings. The van der Waals surface area contributed by atoms with Crippen molar-refractivity contribution in [2.24, 2.45) is 0 Å². The summed E-state index contributed by atoms with van der Waals surface area (Å²) in [6, 6.07) is 18.8. The molecule has 34 heavy (non-hydrogen) atoms. The number of hydrogen-bond acceptors (Lipinski definition) is 4. The van der Waals surface area contributed by atoms with Crippen LogP contribution in [0.1, 0.15) is 30.5 Å². The zero-order valence-electron chi connectivity index (χ0n) is 18.2. The van der Waals surface area contributed by atoms with E-state index in [1.165, 1.54) is 22.7 Å². The molecule has 4 nitrogen and oxygen atoms in total. The van der Waals surface area contributed by atoms with Gasteiger partial charge in [0, 0.05) is 31.5 Å². The maximum absolute atomic E-state index is 12.8. The third kappa shape index (κ3) is 4.30. The first-order chi connectivity index (χ1) is 16.3. The number of benzene rings is 3. The first kappa shape index (κ1) is 22.9. The van der Waals surface area contributed by atoms with Crippen LogP contribution in [0, 0.1) is 13.8 Å². The van der Waals surface area contributed by atoms with Crippen LogP contribution >= 0.6 is 45.9 Å². The van der Waals surface area contributed by atoms with Gasteiger partial charge in [0.15, 0.2) is 0 Å². The van der Waals surface area contributed by atoms with Crippen molar-refractivity contribution >= 4 is 89.2 Å². The topological polar surface area (TPSA) is 58.2 Å². The summed E-state index contributed by atoms with van der Waals surface area (Å²) < 4.78 is 1.95. The summed E-state index contributed by atoms with van der Waals surface area (Å²) in [6.07, 6.45) is 0. The Morgan fingerprint density at radius 3 is 1.41 bits per heavy atom. The lowest BCUT2D eigenvalue weighted by Crippen LogP contribution is -2.12. The number of halogens is 2. The minimum absolute atomic E-state index is 0.270. The summed E-state index contributed by atoms with van der Waals surface area (Å²) in [5, 5.41) is 8.40. The molecule has 2 heterocycles. The quantitative estimate of drug-likeness (QED) is 0.247. The molecule has 170 valence electrons. The Balaban J connectivity index is 1.30. The molecule has 0 spiro atoms. The van der Waals surface area contributed by atoms with E-state index >= 15 is 0 Å². The van der Waals surface area contributed by atoms with Crippen molar-refractivity contribution in [1.82, 2.24) is 0 Å². The summed E-state index contributed by atoms with van der Waals surface area (Å²) in [4.78, 5) is 26.6. The van der Waals surface area contributed by atoms with Crippen molar-refractivity contribution in [2.75, 3.05) is 10.6 Å². The Morgan fingerprint density at radius 1 is 0.647 bits per heavy atom. The molecule has 0 aliphatic carbocycles. The van der Waals surface area contributed by atoms with Gasteiger partial charge in [-0.2, -0.15) is 0 Å². The molecule has 0 bridgehead atoms. The lowest BCUT2D eigenvalue weighted by Gasteiger charge is -2.07. The average Bonchev–Trinajstić information content (AvgIpc) is 3.31. The van der Waals surface area contributed by atoms with Crippen molar-refractivity contribution in [3.05, 3.63) is 91.6 Å². The lowest BCUT2D eigenvalue weighted by molar-refractivity contribution is 0.102. The molecular weight excluding hydrogens is 507 g/mol. The van der Waals surface area contributed by atoms with Crippen LogP contribution in [0.2, 0.25) is 10.0 Å². The van der Waals surface area contributed by atoms with Crippen molar-refractivity contribution in [3.63, 3.8) is 0 Å². The van der Waals surface area contributed by atoms with Gasteiger partial charge in [0.2, 0.25) is 0 Å². The van der Waals surface area contributed by atoms with E-state index < -0.39 is 0 Å². The lowest BCUT2D eigenvalue weighted by atomic mass is 10.2. The van der Waals surface area contributed by atoms with Crippen molar-refractivity contribution < 1.29 is 9.59 Å². The Bertz CT molecular complexity index is 1470. The van der Waals surface area contributed by atoms with Gasteiger partial charge in [-0.15, -0.1) is 22.7 Å². The second-order valence-corrected chi connectivity index (χ2v) is 10.8. The number of rotatable bonds is 4. The third-order valence-electron chi connectivity index (χ3n) is 5.38. The molecule has 0 aliphatic heterocycles. The third-order valence-corrected chi connectivity index (χ3v) is 8.69. The highest BCUT2D eigenvalue weighted by molar-refractivity contribution is 7.22. The van der Waals surface area contributed by atoms with Crippen molar-refractivity contribution in [2.45, 2.75) is 13.8 Å². The second kappa shape index (κ2) is 9.04. The van der Waals surface area contributed by atoms with E-state index in [1.54, 1.807) is 24.3 Å². The highest BCUT2D eigenvalue weighted by atomic mass is 35.5. The summed E-state index contributed by atoms with van der Waals surface area (Å²) in [5.41, 5.74) is 3.43. The van der Waals surface area contributed by atoms with Gasteiger partial charge in [0.25, 0.3) is 11.8 Å². The van der Waals surface area contributed by atoms with Crippen LogP contribution < -0.4 is 10.6 Å². The van der Waals surface area contributed by atoms with E-state index in [4.69, 9.17) is 23.2 Å². The normalized spacial score (nSPS) is 11.2. The number of aryl methyl sites for hydroxylation is 2. The molecule has 2 amide bonds. The molecule has 0 radical (unpaired) electrons.